The van der Waals surface area contributed by atoms with Gasteiger partial charge < -0.3 is 4.74 Å². The Hall–Kier alpha value is -0.170. The fourth-order valence-electron chi connectivity index (χ4n) is 2.95. The highest BCUT2D eigenvalue weighted by Crippen LogP contribution is 2.19. The van der Waals surface area contributed by atoms with Crippen LogP contribution in [-0.4, -0.2) is 58.0 Å². The fraction of sp³-hybridized carbons (Fsp3) is 1.00. The van der Waals surface area contributed by atoms with Crippen LogP contribution in [0.15, 0.2) is 0 Å². The molecule has 0 aromatic rings. The van der Waals surface area contributed by atoms with E-state index >= 15 is 0 Å². The Kier molecular flexibility index (Phi) is 8.78. The van der Waals surface area contributed by atoms with Gasteiger partial charge in [-0.05, 0) is 12.3 Å². The van der Waals surface area contributed by atoms with Crippen LogP contribution in [0.3, 0.4) is 0 Å². The Morgan fingerprint density at radius 1 is 1.14 bits per heavy atom. The third-order valence-corrected chi connectivity index (χ3v) is 5.82. The van der Waals surface area contributed by atoms with Gasteiger partial charge in [-0.15, -0.1) is 0 Å². The molecule has 0 saturated carbocycles. The van der Waals surface area contributed by atoms with Crippen molar-refractivity contribution in [2.24, 2.45) is 5.92 Å². The molecule has 1 aliphatic rings. The zero-order valence-corrected chi connectivity index (χ0v) is 14.6. The maximum Gasteiger partial charge on any atom is 0.211 e. The van der Waals surface area contributed by atoms with Gasteiger partial charge in [0.05, 0.1) is 19.0 Å². The Balaban J connectivity index is 2.63. The van der Waals surface area contributed by atoms with Crippen molar-refractivity contribution in [2.75, 3.05) is 38.6 Å². The van der Waals surface area contributed by atoms with Gasteiger partial charge in [-0.1, -0.05) is 40.0 Å². The number of morpholine rings is 1. The molecule has 21 heavy (non-hydrogen) atoms. The molecule has 0 spiro atoms. The molecular weight excluding hydrogens is 288 g/mol. The molecule has 0 aromatic heterocycles. The Morgan fingerprint density at radius 3 is 2.29 bits per heavy atom. The van der Waals surface area contributed by atoms with Crippen LogP contribution in [0.1, 0.15) is 46.5 Å². The largest absolute Gasteiger partial charge is 0.379 e. The second kappa shape index (κ2) is 9.77. The van der Waals surface area contributed by atoms with Gasteiger partial charge in [0.2, 0.25) is 10.0 Å². The molecule has 0 bridgehead atoms. The molecule has 0 radical (unpaired) electrons. The van der Waals surface area contributed by atoms with Gasteiger partial charge in [-0.2, -0.15) is 0 Å². The van der Waals surface area contributed by atoms with Gasteiger partial charge in [0.1, 0.15) is 0 Å². The van der Waals surface area contributed by atoms with Gasteiger partial charge in [0, 0.05) is 25.7 Å². The lowest BCUT2D eigenvalue weighted by molar-refractivity contribution is 0.00297. The molecule has 1 atom stereocenters. The highest BCUT2D eigenvalue weighted by atomic mass is 32.2. The summed E-state index contributed by atoms with van der Waals surface area (Å²) < 4.78 is 32.3. The number of nitrogens with one attached hydrogen (secondary N) is 1. The van der Waals surface area contributed by atoms with E-state index in [9.17, 15) is 8.42 Å². The van der Waals surface area contributed by atoms with Crippen LogP contribution < -0.4 is 4.72 Å². The first-order chi connectivity index (χ1) is 10.0. The highest BCUT2D eigenvalue weighted by molar-refractivity contribution is 7.89. The summed E-state index contributed by atoms with van der Waals surface area (Å²) in [6.45, 7) is 10.2. The summed E-state index contributed by atoms with van der Waals surface area (Å²) in [5.41, 5.74) is 0. The zero-order chi connectivity index (χ0) is 15.7. The maximum atomic E-state index is 12.0. The molecule has 126 valence electrons. The number of ether oxygens (including phenoxy) is 1. The van der Waals surface area contributed by atoms with E-state index in [0.29, 0.717) is 12.5 Å². The van der Waals surface area contributed by atoms with E-state index in [1.807, 2.05) is 6.92 Å². The van der Waals surface area contributed by atoms with Crippen molar-refractivity contribution >= 4 is 10.0 Å². The average molecular weight is 320 g/mol. The summed E-state index contributed by atoms with van der Waals surface area (Å²) in [5, 5.41) is 0. The summed E-state index contributed by atoms with van der Waals surface area (Å²) in [6, 6.07) is 0.278. The topological polar surface area (TPSA) is 58.6 Å². The molecule has 1 unspecified atom stereocenters. The van der Waals surface area contributed by atoms with E-state index < -0.39 is 10.0 Å². The van der Waals surface area contributed by atoms with Crippen molar-refractivity contribution in [3.05, 3.63) is 0 Å². The van der Waals surface area contributed by atoms with Crippen LogP contribution in [0.25, 0.3) is 0 Å². The molecule has 1 N–H and O–H groups in total. The summed E-state index contributed by atoms with van der Waals surface area (Å²) in [7, 11) is -3.14. The number of hydrogen-bond donors (Lipinski definition) is 1. The lowest BCUT2D eigenvalue weighted by Crippen LogP contribution is -2.52. The molecule has 0 aliphatic carbocycles. The van der Waals surface area contributed by atoms with E-state index in [0.717, 1.165) is 52.0 Å². The lowest BCUT2D eigenvalue weighted by Gasteiger charge is -2.38. The molecule has 0 amide bonds. The van der Waals surface area contributed by atoms with E-state index in [1.54, 1.807) is 0 Å². The average Bonchev–Trinajstić information content (AvgIpc) is 2.50. The lowest BCUT2D eigenvalue weighted by atomic mass is 9.92. The SMILES string of the molecule is CCCCS(=O)(=O)NCC(C(CC)CC)N1CCOCC1. The third kappa shape index (κ3) is 6.63. The van der Waals surface area contributed by atoms with Crippen molar-refractivity contribution in [1.82, 2.24) is 9.62 Å². The number of hydrogen-bond acceptors (Lipinski definition) is 4. The molecule has 0 aromatic carbocycles. The minimum atomic E-state index is -3.14. The third-order valence-electron chi connectivity index (χ3n) is 4.39. The second-order valence-electron chi connectivity index (χ2n) is 5.81. The number of unbranched alkanes of at least 4 members (excludes halogenated alkanes) is 1. The Labute approximate surface area is 130 Å². The van der Waals surface area contributed by atoms with Gasteiger partial charge in [0.15, 0.2) is 0 Å². The number of rotatable bonds is 10. The zero-order valence-electron chi connectivity index (χ0n) is 13.8. The minimum absolute atomic E-state index is 0.238. The van der Waals surface area contributed by atoms with E-state index in [-0.39, 0.29) is 11.8 Å². The summed E-state index contributed by atoms with van der Waals surface area (Å²) in [5.74, 6) is 0.763. The number of nitrogens with zero attached hydrogens (tertiary/aromatic N) is 1. The van der Waals surface area contributed by atoms with Crippen molar-refractivity contribution in [3.63, 3.8) is 0 Å². The monoisotopic (exact) mass is 320 g/mol. The first kappa shape index (κ1) is 18.9. The molecule has 1 aliphatic heterocycles. The van der Waals surface area contributed by atoms with Crippen molar-refractivity contribution in [3.8, 4) is 0 Å². The van der Waals surface area contributed by atoms with E-state index in [2.05, 4.69) is 23.5 Å². The van der Waals surface area contributed by atoms with Crippen LogP contribution in [0.4, 0.5) is 0 Å². The Morgan fingerprint density at radius 2 is 1.76 bits per heavy atom. The van der Waals surface area contributed by atoms with Gasteiger partial charge in [0.25, 0.3) is 0 Å². The van der Waals surface area contributed by atoms with Crippen LogP contribution in [0, 0.1) is 5.92 Å². The smallest absolute Gasteiger partial charge is 0.211 e. The van der Waals surface area contributed by atoms with Crippen molar-refractivity contribution in [1.29, 1.82) is 0 Å². The number of sulfonamides is 1. The highest BCUT2D eigenvalue weighted by Gasteiger charge is 2.27. The minimum Gasteiger partial charge on any atom is -0.379 e. The Bertz CT molecular complexity index is 363. The molecule has 1 fully saturated rings. The summed E-state index contributed by atoms with van der Waals surface area (Å²) in [4.78, 5) is 2.39. The molecule has 1 heterocycles. The first-order valence-electron chi connectivity index (χ1n) is 8.33. The quantitative estimate of drug-likeness (QED) is 0.667. The van der Waals surface area contributed by atoms with E-state index in [1.165, 1.54) is 0 Å². The summed E-state index contributed by atoms with van der Waals surface area (Å²) in [6.07, 6.45) is 3.79. The first-order valence-corrected chi connectivity index (χ1v) is 9.98. The maximum absolute atomic E-state index is 12.0. The molecule has 1 saturated heterocycles. The molecule has 6 heteroatoms. The fourth-order valence-corrected chi connectivity index (χ4v) is 4.19. The van der Waals surface area contributed by atoms with Crippen LogP contribution in [-0.2, 0) is 14.8 Å². The van der Waals surface area contributed by atoms with Gasteiger partial charge >= 0.3 is 0 Å². The van der Waals surface area contributed by atoms with Crippen LogP contribution >= 0.6 is 0 Å². The van der Waals surface area contributed by atoms with Gasteiger partial charge in [-0.25, -0.2) is 13.1 Å². The van der Waals surface area contributed by atoms with Gasteiger partial charge in [-0.3, -0.25) is 4.90 Å². The predicted octanol–water partition coefficient (Wildman–Crippen LogP) is 1.84. The summed E-state index contributed by atoms with van der Waals surface area (Å²) >= 11 is 0. The van der Waals surface area contributed by atoms with E-state index in [4.69, 9.17) is 4.74 Å². The normalized spacial score (nSPS) is 19.0. The molecule has 5 nitrogen and oxygen atoms in total. The van der Waals surface area contributed by atoms with Crippen LogP contribution in [0.2, 0.25) is 0 Å². The van der Waals surface area contributed by atoms with Crippen LogP contribution in [0.5, 0.6) is 0 Å². The standard InChI is InChI=1S/C15H32N2O3S/c1-4-7-12-21(18,19)16-13-15(14(5-2)6-3)17-8-10-20-11-9-17/h14-16H,4-13H2,1-3H3. The second-order valence-corrected chi connectivity index (χ2v) is 7.74. The predicted molar refractivity (Wildman–Crippen MR) is 86.9 cm³/mol. The van der Waals surface area contributed by atoms with Crippen molar-refractivity contribution in [2.45, 2.75) is 52.5 Å². The van der Waals surface area contributed by atoms with Crippen molar-refractivity contribution < 1.29 is 13.2 Å². The molecular formula is C15H32N2O3S. The molecule has 1 rings (SSSR count).